The summed E-state index contributed by atoms with van der Waals surface area (Å²) < 4.78 is 15.0. The second-order valence-electron chi connectivity index (χ2n) is 6.23. The largest absolute Gasteiger partial charge is 0.341 e. The van der Waals surface area contributed by atoms with Gasteiger partial charge >= 0.3 is 0 Å². The number of carbonyl (C=O) groups excluding carboxylic acids is 1. The van der Waals surface area contributed by atoms with E-state index in [0.717, 1.165) is 17.0 Å². The fraction of sp³-hybridized carbons (Fsp3) is 0.250. The van der Waals surface area contributed by atoms with Crippen molar-refractivity contribution < 1.29 is 9.18 Å². The highest BCUT2D eigenvalue weighted by Crippen LogP contribution is 2.26. The first-order valence-electron chi connectivity index (χ1n) is 8.78. The smallest absolute Gasteiger partial charge is 0.233 e. The number of aromatic nitrogens is 3. The van der Waals surface area contributed by atoms with Crippen LogP contribution in [0.1, 0.15) is 12.5 Å². The number of benzene rings is 2. The standard InChI is InChI=1S/C20H20ClFN4OS/c1-3-26-19(15-5-4-6-16(21)11-15)23-24-20(26)28-13-18(27)25(2)12-14-7-9-17(22)10-8-14/h4-11H,3,12-13H2,1-2H3. The third-order valence-electron chi connectivity index (χ3n) is 4.20. The first-order valence-corrected chi connectivity index (χ1v) is 10.1. The SMILES string of the molecule is CCn1c(SCC(=O)N(C)Cc2ccc(F)cc2)nnc1-c1cccc(Cl)c1. The van der Waals surface area contributed by atoms with Gasteiger partial charge in [0.2, 0.25) is 5.91 Å². The molecule has 146 valence electrons. The summed E-state index contributed by atoms with van der Waals surface area (Å²) >= 11 is 7.42. The Morgan fingerprint density at radius 2 is 1.96 bits per heavy atom. The second-order valence-corrected chi connectivity index (χ2v) is 7.60. The summed E-state index contributed by atoms with van der Waals surface area (Å²) in [6.45, 7) is 3.11. The summed E-state index contributed by atoms with van der Waals surface area (Å²) in [6.07, 6.45) is 0. The van der Waals surface area contributed by atoms with Crippen molar-refractivity contribution in [3.05, 3.63) is 64.9 Å². The zero-order chi connectivity index (χ0) is 20.1. The molecule has 28 heavy (non-hydrogen) atoms. The lowest BCUT2D eigenvalue weighted by atomic mass is 10.2. The molecule has 5 nitrogen and oxygen atoms in total. The van der Waals surface area contributed by atoms with Gasteiger partial charge in [-0.1, -0.05) is 47.6 Å². The van der Waals surface area contributed by atoms with Crippen LogP contribution < -0.4 is 0 Å². The van der Waals surface area contributed by atoms with Crippen molar-refractivity contribution in [3.63, 3.8) is 0 Å². The number of amides is 1. The highest BCUT2D eigenvalue weighted by Gasteiger charge is 2.16. The van der Waals surface area contributed by atoms with Crippen LogP contribution in [-0.4, -0.2) is 38.4 Å². The Labute approximate surface area is 172 Å². The molecule has 2 aromatic carbocycles. The average Bonchev–Trinajstić information content (AvgIpc) is 3.10. The first kappa shape index (κ1) is 20.4. The van der Waals surface area contributed by atoms with Crippen LogP contribution >= 0.6 is 23.4 Å². The van der Waals surface area contributed by atoms with E-state index >= 15 is 0 Å². The van der Waals surface area contributed by atoms with Gasteiger partial charge < -0.3 is 9.47 Å². The summed E-state index contributed by atoms with van der Waals surface area (Å²) in [7, 11) is 1.73. The maximum absolute atomic E-state index is 13.0. The molecule has 0 aliphatic heterocycles. The molecule has 3 rings (SSSR count). The molecule has 0 unspecified atom stereocenters. The number of hydrogen-bond acceptors (Lipinski definition) is 4. The van der Waals surface area contributed by atoms with Crippen LogP contribution in [0.5, 0.6) is 0 Å². The van der Waals surface area contributed by atoms with Gasteiger partial charge in [-0.15, -0.1) is 10.2 Å². The van der Waals surface area contributed by atoms with Gasteiger partial charge in [-0.3, -0.25) is 4.79 Å². The molecule has 0 N–H and O–H groups in total. The molecule has 0 aliphatic rings. The number of hydrogen-bond donors (Lipinski definition) is 0. The first-order chi connectivity index (χ1) is 13.5. The van der Waals surface area contributed by atoms with Crippen molar-refractivity contribution in [2.24, 2.45) is 0 Å². The molecule has 0 radical (unpaired) electrons. The molecule has 0 bridgehead atoms. The normalized spacial score (nSPS) is 10.9. The Bertz CT molecular complexity index is 961. The van der Waals surface area contributed by atoms with Crippen LogP contribution in [0.3, 0.4) is 0 Å². The quantitative estimate of drug-likeness (QED) is 0.530. The topological polar surface area (TPSA) is 51.0 Å². The van der Waals surface area contributed by atoms with Gasteiger partial charge in [0.05, 0.1) is 5.75 Å². The Hall–Kier alpha value is -2.38. The minimum atomic E-state index is -0.289. The maximum atomic E-state index is 13.0. The van der Waals surface area contributed by atoms with Crippen LogP contribution in [-0.2, 0) is 17.9 Å². The molecule has 0 atom stereocenters. The molecule has 0 spiro atoms. The van der Waals surface area contributed by atoms with E-state index in [9.17, 15) is 9.18 Å². The molecule has 0 fully saturated rings. The Kier molecular flexibility index (Phi) is 6.70. The van der Waals surface area contributed by atoms with Gasteiger partial charge in [-0.05, 0) is 36.8 Å². The van der Waals surface area contributed by atoms with E-state index in [-0.39, 0.29) is 17.5 Å². The van der Waals surface area contributed by atoms with Crippen molar-refractivity contribution >= 4 is 29.3 Å². The second kappa shape index (κ2) is 9.21. The summed E-state index contributed by atoms with van der Waals surface area (Å²) in [4.78, 5) is 14.1. The van der Waals surface area contributed by atoms with Crippen molar-refractivity contribution in [2.45, 2.75) is 25.2 Å². The predicted octanol–water partition coefficient (Wildman–Crippen LogP) is 4.51. The van der Waals surface area contributed by atoms with E-state index in [4.69, 9.17) is 11.6 Å². The van der Waals surface area contributed by atoms with Crippen LogP contribution in [0.2, 0.25) is 5.02 Å². The summed E-state index contributed by atoms with van der Waals surface area (Å²) in [5, 5.41) is 9.82. The molecule has 1 amide bonds. The summed E-state index contributed by atoms with van der Waals surface area (Å²) in [5.74, 6) is 0.636. The molecule has 3 aromatic rings. The minimum Gasteiger partial charge on any atom is -0.341 e. The number of nitrogens with zero attached hydrogens (tertiary/aromatic N) is 4. The average molecular weight is 419 g/mol. The number of rotatable bonds is 7. The van der Waals surface area contributed by atoms with Crippen molar-refractivity contribution in [1.29, 1.82) is 0 Å². The number of halogens is 2. The third kappa shape index (κ3) is 4.91. The molecule has 1 heterocycles. The number of thioether (sulfide) groups is 1. The molecule has 8 heteroatoms. The third-order valence-corrected chi connectivity index (χ3v) is 5.39. The van der Waals surface area contributed by atoms with Crippen LogP contribution in [0, 0.1) is 5.82 Å². The molecule has 0 saturated heterocycles. The van der Waals surface area contributed by atoms with Crippen LogP contribution in [0.25, 0.3) is 11.4 Å². The highest BCUT2D eigenvalue weighted by atomic mass is 35.5. The molecular formula is C20H20ClFN4OS. The van der Waals surface area contributed by atoms with Crippen LogP contribution in [0.15, 0.2) is 53.7 Å². The predicted molar refractivity (Wildman–Crippen MR) is 110 cm³/mol. The Morgan fingerprint density at radius 3 is 2.64 bits per heavy atom. The Morgan fingerprint density at radius 1 is 1.21 bits per heavy atom. The van der Waals surface area contributed by atoms with E-state index in [1.54, 1.807) is 24.1 Å². The number of carbonyl (C=O) groups is 1. The minimum absolute atomic E-state index is 0.0377. The lowest BCUT2D eigenvalue weighted by Crippen LogP contribution is -2.27. The van der Waals surface area contributed by atoms with Gasteiger partial charge in [-0.25, -0.2) is 4.39 Å². The van der Waals surface area contributed by atoms with Gasteiger partial charge in [0.15, 0.2) is 11.0 Å². The van der Waals surface area contributed by atoms with Crippen molar-refractivity contribution in [1.82, 2.24) is 19.7 Å². The van der Waals surface area contributed by atoms with Crippen molar-refractivity contribution in [3.8, 4) is 11.4 Å². The monoisotopic (exact) mass is 418 g/mol. The zero-order valence-corrected chi connectivity index (χ0v) is 17.2. The fourth-order valence-electron chi connectivity index (χ4n) is 2.71. The van der Waals surface area contributed by atoms with Gasteiger partial charge in [0, 0.05) is 30.7 Å². The van der Waals surface area contributed by atoms with Gasteiger partial charge in [0.25, 0.3) is 0 Å². The van der Waals surface area contributed by atoms with Gasteiger partial charge in [-0.2, -0.15) is 0 Å². The molecule has 1 aromatic heterocycles. The van der Waals surface area contributed by atoms with E-state index in [1.165, 1.54) is 23.9 Å². The zero-order valence-electron chi connectivity index (χ0n) is 15.6. The van der Waals surface area contributed by atoms with Crippen LogP contribution in [0.4, 0.5) is 4.39 Å². The van der Waals surface area contributed by atoms with E-state index in [0.29, 0.717) is 23.3 Å². The van der Waals surface area contributed by atoms with E-state index in [1.807, 2.05) is 35.8 Å². The molecule has 0 saturated carbocycles. The summed E-state index contributed by atoms with van der Waals surface area (Å²) in [6, 6.07) is 13.6. The lowest BCUT2D eigenvalue weighted by Gasteiger charge is -2.17. The van der Waals surface area contributed by atoms with Crippen molar-refractivity contribution in [2.75, 3.05) is 12.8 Å². The lowest BCUT2D eigenvalue weighted by molar-refractivity contribution is -0.127. The molecule has 0 aliphatic carbocycles. The molecular weight excluding hydrogens is 399 g/mol. The Balaban J connectivity index is 1.65. The van der Waals surface area contributed by atoms with E-state index in [2.05, 4.69) is 10.2 Å². The maximum Gasteiger partial charge on any atom is 0.233 e. The fourth-order valence-corrected chi connectivity index (χ4v) is 3.84. The van der Waals surface area contributed by atoms with Gasteiger partial charge in [0.1, 0.15) is 5.82 Å². The van der Waals surface area contributed by atoms with E-state index < -0.39 is 0 Å². The summed E-state index contributed by atoms with van der Waals surface area (Å²) in [5.41, 5.74) is 1.76. The highest BCUT2D eigenvalue weighted by molar-refractivity contribution is 7.99.